The highest BCUT2D eigenvalue weighted by atomic mass is 15.2. The molecule has 2 heteroatoms. The largest absolute Gasteiger partial charge is 0.331 e. The highest BCUT2D eigenvalue weighted by Crippen LogP contribution is 2.37. The van der Waals surface area contributed by atoms with Crippen LogP contribution in [0.15, 0.2) is 16.3 Å². The maximum Gasteiger partial charge on any atom is 0.108 e. The minimum atomic E-state index is 0.402. The van der Waals surface area contributed by atoms with Gasteiger partial charge in [-0.2, -0.15) is 0 Å². The second-order valence-corrected chi connectivity index (χ2v) is 6.88. The first-order chi connectivity index (χ1) is 8.99. The van der Waals surface area contributed by atoms with Crippen LogP contribution in [0.2, 0.25) is 0 Å². The van der Waals surface area contributed by atoms with Crippen LogP contribution in [0.3, 0.4) is 0 Å². The minimum Gasteiger partial charge on any atom is -0.331 e. The van der Waals surface area contributed by atoms with Crippen molar-refractivity contribution in [3.05, 3.63) is 11.3 Å². The molecular formula is C17H30N2. The van der Waals surface area contributed by atoms with E-state index in [1.807, 2.05) is 0 Å². The first kappa shape index (κ1) is 14.6. The van der Waals surface area contributed by atoms with Gasteiger partial charge in [0, 0.05) is 24.2 Å². The van der Waals surface area contributed by atoms with E-state index < -0.39 is 0 Å². The number of rotatable bonds is 2. The van der Waals surface area contributed by atoms with Gasteiger partial charge >= 0.3 is 0 Å². The number of nitrogens with zero attached hydrogens (tertiary/aromatic N) is 2. The molecule has 0 fully saturated rings. The molecule has 0 N–H and O–H groups in total. The summed E-state index contributed by atoms with van der Waals surface area (Å²) in [4.78, 5) is 7.43. The summed E-state index contributed by atoms with van der Waals surface area (Å²) in [6.45, 7) is 11.4. The molecule has 0 aromatic rings. The van der Waals surface area contributed by atoms with Crippen molar-refractivity contribution < 1.29 is 0 Å². The molecule has 1 unspecified atom stereocenters. The smallest absolute Gasteiger partial charge is 0.108 e. The van der Waals surface area contributed by atoms with E-state index in [1.165, 1.54) is 37.9 Å². The van der Waals surface area contributed by atoms with Gasteiger partial charge in [-0.15, -0.1) is 0 Å². The van der Waals surface area contributed by atoms with Gasteiger partial charge in [0.2, 0.25) is 0 Å². The fourth-order valence-corrected chi connectivity index (χ4v) is 3.51. The molecule has 0 spiro atoms. The van der Waals surface area contributed by atoms with Crippen LogP contribution in [0.4, 0.5) is 0 Å². The average molecular weight is 262 g/mol. The van der Waals surface area contributed by atoms with Crippen LogP contribution in [0.5, 0.6) is 0 Å². The number of amidine groups is 1. The Morgan fingerprint density at radius 1 is 1.16 bits per heavy atom. The van der Waals surface area contributed by atoms with Crippen molar-refractivity contribution in [2.24, 2.45) is 10.9 Å². The van der Waals surface area contributed by atoms with Crippen LogP contribution in [-0.4, -0.2) is 22.8 Å². The first-order valence-electron chi connectivity index (χ1n) is 8.05. The maximum absolute atomic E-state index is 4.89. The summed E-state index contributed by atoms with van der Waals surface area (Å²) in [6, 6.07) is 0.944. The van der Waals surface area contributed by atoms with E-state index in [9.17, 15) is 0 Å². The van der Waals surface area contributed by atoms with Gasteiger partial charge in [0.05, 0.1) is 0 Å². The van der Waals surface area contributed by atoms with Gasteiger partial charge in [-0.1, -0.05) is 19.8 Å². The lowest BCUT2D eigenvalue weighted by molar-refractivity contribution is 0.392. The molecule has 2 nitrogen and oxygen atoms in total. The second-order valence-electron chi connectivity index (χ2n) is 6.88. The third-order valence-electron chi connectivity index (χ3n) is 4.23. The summed E-state index contributed by atoms with van der Waals surface area (Å²) in [5.74, 6) is 2.17. The quantitative estimate of drug-likeness (QED) is 0.700. The standard InChI is InChI=1S/C17H30N2/c1-12(2)18-17-11-15-10-14(5)8-6-7-9-16(15)19(17)13(3)4/h12-14H,6-11H2,1-5H3. The zero-order valence-electron chi connectivity index (χ0n) is 13.4. The lowest BCUT2D eigenvalue weighted by Crippen LogP contribution is -2.33. The monoisotopic (exact) mass is 262 g/mol. The molecule has 0 bridgehead atoms. The van der Waals surface area contributed by atoms with E-state index in [0.717, 1.165) is 12.3 Å². The van der Waals surface area contributed by atoms with E-state index in [-0.39, 0.29) is 0 Å². The lowest BCUT2D eigenvalue weighted by atomic mass is 9.90. The van der Waals surface area contributed by atoms with Crippen LogP contribution in [0.1, 0.15) is 73.1 Å². The summed E-state index contributed by atoms with van der Waals surface area (Å²) < 4.78 is 0. The molecule has 1 heterocycles. The van der Waals surface area contributed by atoms with Crippen LogP contribution < -0.4 is 0 Å². The predicted octanol–water partition coefficient (Wildman–Crippen LogP) is 4.76. The highest BCUT2D eigenvalue weighted by Gasteiger charge is 2.31. The van der Waals surface area contributed by atoms with Gasteiger partial charge in [-0.25, -0.2) is 0 Å². The first-order valence-corrected chi connectivity index (χ1v) is 8.05. The SMILES string of the molecule is CC1CCCCC2=C(CC(=NC(C)C)N2C(C)C)C1. The Hall–Kier alpha value is -0.790. The van der Waals surface area contributed by atoms with Gasteiger partial charge in [-0.3, -0.25) is 4.99 Å². The molecule has 0 amide bonds. The minimum absolute atomic E-state index is 0.402. The Morgan fingerprint density at radius 3 is 2.53 bits per heavy atom. The Bertz CT molecular complexity index is 377. The van der Waals surface area contributed by atoms with Crippen molar-refractivity contribution in [1.29, 1.82) is 0 Å². The van der Waals surface area contributed by atoms with Gasteiger partial charge in [0.1, 0.15) is 5.84 Å². The Labute approximate surface area is 119 Å². The third-order valence-corrected chi connectivity index (χ3v) is 4.23. The van der Waals surface area contributed by atoms with Crippen molar-refractivity contribution >= 4 is 5.84 Å². The fourth-order valence-electron chi connectivity index (χ4n) is 3.51. The van der Waals surface area contributed by atoms with Crippen LogP contribution >= 0.6 is 0 Å². The zero-order chi connectivity index (χ0) is 14.0. The third kappa shape index (κ3) is 3.40. The van der Waals surface area contributed by atoms with Crippen molar-refractivity contribution in [2.45, 2.75) is 85.2 Å². The lowest BCUT2D eigenvalue weighted by Gasteiger charge is -2.29. The summed E-state index contributed by atoms with van der Waals surface area (Å²) >= 11 is 0. The summed E-state index contributed by atoms with van der Waals surface area (Å²) in [5, 5.41) is 0. The molecule has 19 heavy (non-hydrogen) atoms. The molecule has 2 rings (SSSR count). The van der Waals surface area contributed by atoms with Crippen molar-refractivity contribution in [3.8, 4) is 0 Å². The normalized spacial score (nSPS) is 27.2. The van der Waals surface area contributed by atoms with E-state index in [1.54, 1.807) is 11.3 Å². The van der Waals surface area contributed by atoms with Crippen molar-refractivity contribution in [2.75, 3.05) is 0 Å². The Balaban J connectivity index is 2.29. The summed E-state index contributed by atoms with van der Waals surface area (Å²) in [7, 11) is 0. The van der Waals surface area contributed by atoms with Crippen molar-refractivity contribution in [1.82, 2.24) is 4.90 Å². The molecule has 1 aliphatic carbocycles. The van der Waals surface area contributed by atoms with Gasteiger partial charge in [-0.05, 0) is 58.4 Å². The van der Waals surface area contributed by atoms with E-state index in [0.29, 0.717) is 12.1 Å². The van der Waals surface area contributed by atoms with Crippen molar-refractivity contribution in [3.63, 3.8) is 0 Å². The Morgan fingerprint density at radius 2 is 1.89 bits per heavy atom. The second kappa shape index (κ2) is 6.11. The Kier molecular flexibility index (Phi) is 4.70. The molecule has 108 valence electrons. The molecule has 0 radical (unpaired) electrons. The number of allylic oxidation sites excluding steroid dienone is 1. The molecule has 1 atom stereocenters. The van der Waals surface area contributed by atoms with Gasteiger partial charge in [0.15, 0.2) is 0 Å². The topological polar surface area (TPSA) is 15.6 Å². The highest BCUT2D eigenvalue weighted by molar-refractivity contribution is 5.89. The molecule has 0 saturated heterocycles. The molecule has 0 aromatic heterocycles. The average Bonchev–Trinajstić information content (AvgIpc) is 2.58. The van der Waals surface area contributed by atoms with Gasteiger partial charge in [0.25, 0.3) is 0 Å². The zero-order valence-corrected chi connectivity index (χ0v) is 13.4. The van der Waals surface area contributed by atoms with E-state index >= 15 is 0 Å². The fraction of sp³-hybridized carbons (Fsp3) is 0.824. The molecule has 1 aliphatic heterocycles. The maximum atomic E-state index is 4.89. The van der Waals surface area contributed by atoms with E-state index in [4.69, 9.17) is 4.99 Å². The summed E-state index contributed by atoms with van der Waals surface area (Å²) in [5.41, 5.74) is 3.29. The molecule has 0 saturated carbocycles. The van der Waals surface area contributed by atoms with Gasteiger partial charge < -0.3 is 4.90 Å². The molecule has 2 aliphatic rings. The number of hydrogen-bond acceptors (Lipinski definition) is 1. The predicted molar refractivity (Wildman–Crippen MR) is 83.4 cm³/mol. The number of hydrogen-bond donors (Lipinski definition) is 0. The van der Waals surface area contributed by atoms with E-state index in [2.05, 4.69) is 39.5 Å². The molecular weight excluding hydrogens is 232 g/mol. The molecule has 0 aromatic carbocycles. The van der Waals surface area contributed by atoms with Crippen LogP contribution in [0, 0.1) is 5.92 Å². The van der Waals surface area contributed by atoms with Crippen LogP contribution in [-0.2, 0) is 0 Å². The van der Waals surface area contributed by atoms with Crippen LogP contribution in [0.25, 0.3) is 0 Å². The number of aliphatic imine (C=N–C) groups is 1. The summed E-state index contributed by atoms with van der Waals surface area (Å²) in [6.07, 6.45) is 7.79.